The van der Waals surface area contributed by atoms with E-state index in [0.717, 1.165) is 28.3 Å². The molecule has 0 aliphatic heterocycles. The number of rotatable bonds is 2. The van der Waals surface area contributed by atoms with Crippen LogP contribution in [-0.4, -0.2) is 14.5 Å². The van der Waals surface area contributed by atoms with Crippen LogP contribution in [0, 0.1) is 17.7 Å². The van der Waals surface area contributed by atoms with Gasteiger partial charge in [0.25, 0.3) is 0 Å². The standard InChI is InChI=1S/C22H14FN3/c23-19-9-12-21(13-10-19)26-16-15-25-22(26)18-7-4-17(5-8-18)6-11-20-3-1-2-14-24-20/h1-5,7-10,12-16H. The van der Waals surface area contributed by atoms with Crippen LogP contribution in [0.3, 0.4) is 0 Å². The van der Waals surface area contributed by atoms with Crippen LogP contribution in [-0.2, 0) is 0 Å². The number of hydrogen-bond donors (Lipinski definition) is 0. The van der Waals surface area contributed by atoms with Crippen LogP contribution in [0.4, 0.5) is 4.39 Å². The van der Waals surface area contributed by atoms with Gasteiger partial charge in [0, 0.05) is 35.4 Å². The third-order valence-corrected chi connectivity index (χ3v) is 3.89. The molecule has 0 atom stereocenters. The summed E-state index contributed by atoms with van der Waals surface area (Å²) >= 11 is 0. The average Bonchev–Trinajstić information content (AvgIpc) is 3.18. The minimum absolute atomic E-state index is 0.258. The second kappa shape index (κ2) is 7.04. The Morgan fingerprint density at radius 1 is 0.769 bits per heavy atom. The molecule has 124 valence electrons. The topological polar surface area (TPSA) is 30.7 Å². The lowest BCUT2D eigenvalue weighted by atomic mass is 10.1. The van der Waals surface area contributed by atoms with Crippen molar-refractivity contribution >= 4 is 0 Å². The summed E-state index contributed by atoms with van der Waals surface area (Å²) < 4.78 is 15.1. The first kappa shape index (κ1) is 15.8. The smallest absolute Gasteiger partial charge is 0.144 e. The van der Waals surface area contributed by atoms with Gasteiger partial charge in [0.1, 0.15) is 17.3 Å². The van der Waals surface area contributed by atoms with Gasteiger partial charge in [-0.1, -0.05) is 24.1 Å². The van der Waals surface area contributed by atoms with Gasteiger partial charge in [-0.2, -0.15) is 0 Å². The van der Waals surface area contributed by atoms with Gasteiger partial charge in [0.15, 0.2) is 0 Å². The highest BCUT2D eigenvalue weighted by atomic mass is 19.1. The van der Waals surface area contributed by atoms with Crippen LogP contribution in [0.2, 0.25) is 0 Å². The summed E-state index contributed by atoms with van der Waals surface area (Å²) in [4.78, 5) is 8.62. The first-order chi connectivity index (χ1) is 12.8. The maximum atomic E-state index is 13.1. The van der Waals surface area contributed by atoms with Gasteiger partial charge in [-0.15, -0.1) is 0 Å². The van der Waals surface area contributed by atoms with Crippen LogP contribution in [0.15, 0.2) is 85.3 Å². The molecule has 0 unspecified atom stereocenters. The molecular formula is C22H14FN3. The maximum absolute atomic E-state index is 13.1. The van der Waals surface area contributed by atoms with E-state index in [1.54, 1.807) is 24.5 Å². The Labute approximate surface area is 150 Å². The zero-order chi connectivity index (χ0) is 17.8. The molecule has 0 fully saturated rings. The molecule has 4 heteroatoms. The maximum Gasteiger partial charge on any atom is 0.144 e. The first-order valence-electron chi connectivity index (χ1n) is 8.12. The summed E-state index contributed by atoms with van der Waals surface area (Å²) in [7, 11) is 0. The van der Waals surface area contributed by atoms with E-state index in [1.807, 2.05) is 53.2 Å². The molecule has 0 bridgehead atoms. The van der Waals surface area contributed by atoms with Crippen molar-refractivity contribution in [3.05, 3.63) is 102 Å². The Hall–Kier alpha value is -3.71. The van der Waals surface area contributed by atoms with Crippen molar-refractivity contribution in [2.75, 3.05) is 0 Å². The molecule has 3 nitrogen and oxygen atoms in total. The Balaban J connectivity index is 1.62. The number of halogens is 1. The molecular weight excluding hydrogens is 325 g/mol. The van der Waals surface area contributed by atoms with Crippen molar-refractivity contribution in [1.82, 2.24) is 14.5 Å². The highest BCUT2D eigenvalue weighted by Crippen LogP contribution is 2.22. The van der Waals surface area contributed by atoms with Gasteiger partial charge in [-0.25, -0.2) is 14.4 Å². The Kier molecular flexibility index (Phi) is 4.28. The minimum Gasteiger partial charge on any atom is -0.300 e. The van der Waals surface area contributed by atoms with Crippen molar-refractivity contribution in [2.45, 2.75) is 0 Å². The fourth-order valence-electron chi connectivity index (χ4n) is 2.60. The van der Waals surface area contributed by atoms with E-state index in [9.17, 15) is 4.39 Å². The van der Waals surface area contributed by atoms with Crippen molar-refractivity contribution in [3.63, 3.8) is 0 Å². The number of pyridine rings is 1. The van der Waals surface area contributed by atoms with Crippen LogP contribution in [0.5, 0.6) is 0 Å². The molecule has 4 aromatic rings. The molecule has 0 aliphatic rings. The van der Waals surface area contributed by atoms with Crippen molar-refractivity contribution in [3.8, 4) is 28.9 Å². The van der Waals surface area contributed by atoms with Gasteiger partial charge in [0.2, 0.25) is 0 Å². The monoisotopic (exact) mass is 339 g/mol. The lowest BCUT2D eigenvalue weighted by molar-refractivity contribution is 0.627. The van der Waals surface area contributed by atoms with E-state index in [0.29, 0.717) is 0 Å². The van der Waals surface area contributed by atoms with E-state index in [1.165, 1.54) is 12.1 Å². The predicted octanol–water partition coefficient (Wildman–Crippen LogP) is 4.47. The molecule has 26 heavy (non-hydrogen) atoms. The molecule has 0 N–H and O–H groups in total. The first-order valence-corrected chi connectivity index (χ1v) is 8.12. The number of hydrogen-bond acceptors (Lipinski definition) is 2. The van der Waals surface area contributed by atoms with Crippen LogP contribution < -0.4 is 0 Å². The quantitative estimate of drug-likeness (QED) is 0.504. The summed E-state index contributed by atoms with van der Waals surface area (Å²) in [6.07, 6.45) is 5.31. The highest BCUT2D eigenvalue weighted by molar-refractivity contribution is 5.60. The fourth-order valence-corrected chi connectivity index (χ4v) is 2.60. The van der Waals surface area contributed by atoms with Crippen LogP contribution >= 0.6 is 0 Å². The van der Waals surface area contributed by atoms with Gasteiger partial charge in [-0.3, -0.25) is 4.57 Å². The molecule has 0 spiro atoms. The average molecular weight is 339 g/mol. The zero-order valence-corrected chi connectivity index (χ0v) is 13.8. The Morgan fingerprint density at radius 2 is 1.58 bits per heavy atom. The Bertz CT molecular complexity index is 1070. The second-order valence-electron chi connectivity index (χ2n) is 5.64. The number of imidazole rings is 1. The third-order valence-electron chi connectivity index (χ3n) is 3.89. The molecule has 0 radical (unpaired) electrons. The van der Waals surface area contributed by atoms with E-state index in [-0.39, 0.29) is 5.82 Å². The number of nitrogens with zero attached hydrogens (tertiary/aromatic N) is 3. The number of aromatic nitrogens is 3. The zero-order valence-electron chi connectivity index (χ0n) is 13.8. The van der Waals surface area contributed by atoms with E-state index in [2.05, 4.69) is 21.8 Å². The van der Waals surface area contributed by atoms with E-state index < -0.39 is 0 Å². The fraction of sp³-hybridized carbons (Fsp3) is 0. The van der Waals surface area contributed by atoms with Gasteiger partial charge < -0.3 is 0 Å². The third kappa shape index (κ3) is 3.38. The largest absolute Gasteiger partial charge is 0.300 e. The molecule has 0 saturated heterocycles. The van der Waals surface area contributed by atoms with Crippen molar-refractivity contribution in [1.29, 1.82) is 0 Å². The summed E-state index contributed by atoms with van der Waals surface area (Å²) in [5, 5.41) is 0. The second-order valence-corrected chi connectivity index (χ2v) is 5.64. The molecule has 0 saturated carbocycles. The Morgan fingerprint density at radius 3 is 2.31 bits per heavy atom. The molecule has 0 aliphatic carbocycles. The predicted molar refractivity (Wildman–Crippen MR) is 99.2 cm³/mol. The summed E-state index contributed by atoms with van der Waals surface area (Å²) in [5.41, 5.74) is 3.46. The summed E-state index contributed by atoms with van der Waals surface area (Å²) in [6, 6.07) is 19.9. The normalized spacial score (nSPS) is 10.2. The molecule has 2 aromatic heterocycles. The van der Waals surface area contributed by atoms with E-state index in [4.69, 9.17) is 0 Å². The molecule has 0 amide bonds. The molecule has 4 rings (SSSR count). The minimum atomic E-state index is -0.258. The SMILES string of the molecule is Fc1ccc(-n2ccnc2-c2ccc(C#Cc3ccccn3)cc2)cc1. The van der Waals surface area contributed by atoms with Crippen molar-refractivity contribution < 1.29 is 4.39 Å². The summed E-state index contributed by atoms with van der Waals surface area (Å²) in [6.45, 7) is 0. The lowest BCUT2D eigenvalue weighted by Crippen LogP contribution is -1.96. The summed E-state index contributed by atoms with van der Waals surface area (Å²) in [5.74, 6) is 6.68. The van der Waals surface area contributed by atoms with E-state index >= 15 is 0 Å². The van der Waals surface area contributed by atoms with Gasteiger partial charge in [0.05, 0.1) is 0 Å². The lowest BCUT2D eigenvalue weighted by Gasteiger charge is -2.08. The molecule has 2 heterocycles. The van der Waals surface area contributed by atoms with Crippen molar-refractivity contribution in [2.24, 2.45) is 0 Å². The number of benzene rings is 2. The van der Waals surface area contributed by atoms with Crippen LogP contribution in [0.1, 0.15) is 11.3 Å². The molecule has 2 aromatic carbocycles. The highest BCUT2D eigenvalue weighted by Gasteiger charge is 2.07. The van der Waals surface area contributed by atoms with Gasteiger partial charge >= 0.3 is 0 Å². The van der Waals surface area contributed by atoms with Crippen LogP contribution in [0.25, 0.3) is 17.1 Å². The van der Waals surface area contributed by atoms with Gasteiger partial charge in [-0.05, 0) is 54.5 Å².